The smallest absolute Gasteiger partial charge is 0.168 e. The van der Waals surface area contributed by atoms with E-state index in [4.69, 9.17) is 0 Å². The third-order valence-electron chi connectivity index (χ3n) is 10.1. The lowest BCUT2D eigenvalue weighted by atomic mass is 9.61. The first-order chi connectivity index (χ1) is 17.9. The third kappa shape index (κ3) is 6.86. The van der Waals surface area contributed by atoms with Gasteiger partial charge in [-0.2, -0.15) is 0 Å². The highest BCUT2D eigenvalue weighted by atomic mass is 16.3. The van der Waals surface area contributed by atoms with Gasteiger partial charge in [-0.25, -0.2) is 0 Å². The zero-order valence-electron chi connectivity index (χ0n) is 24.6. The van der Waals surface area contributed by atoms with Crippen molar-refractivity contribution >= 4 is 11.6 Å². The van der Waals surface area contributed by atoms with Gasteiger partial charge in [0.05, 0.1) is 17.6 Å². The lowest BCUT2D eigenvalue weighted by Gasteiger charge is -2.44. The molecule has 0 aromatic carbocycles. The Morgan fingerprint density at radius 2 is 1.79 bits per heavy atom. The van der Waals surface area contributed by atoms with Crippen LogP contribution in [-0.2, 0) is 9.59 Å². The molecule has 3 aliphatic rings. The first-order valence-electron chi connectivity index (χ1n) is 15.1. The molecule has 0 saturated heterocycles. The number of ketones is 2. The molecule has 212 valence electrons. The number of fused-ring (bicyclic) bond motifs is 1. The number of rotatable bonds is 11. The van der Waals surface area contributed by atoms with Crippen LogP contribution < -0.4 is 0 Å². The molecule has 4 nitrogen and oxygen atoms in total. The van der Waals surface area contributed by atoms with Crippen molar-refractivity contribution in [3.8, 4) is 0 Å². The molecule has 3 rings (SSSR count). The Bertz CT molecular complexity index is 951. The number of Topliss-reactive ketones (excluding diaryl/α,β-unsaturated/α-hetero) is 1. The van der Waals surface area contributed by atoms with E-state index in [1.807, 2.05) is 0 Å². The first kappa shape index (κ1) is 30.8. The summed E-state index contributed by atoms with van der Waals surface area (Å²) in [6, 6.07) is 0. The van der Waals surface area contributed by atoms with Crippen LogP contribution in [0.25, 0.3) is 0 Å². The number of allylic oxidation sites excluding steroid dienone is 5. The molecule has 0 radical (unpaired) electrons. The molecular weight excluding hydrogens is 472 g/mol. The SMILES string of the molecule is C=C1[C@H](O)CC(=C/C=C2\CCC[C@]3(C)[C@@H]([C@H](C)/C=C/C(=O)C(C)(C)C(=O)CCCCCC)CC[C@@H]23)C[C@H]1O. The molecule has 0 amide bonds. The molecular formula is C34H52O4. The van der Waals surface area contributed by atoms with Gasteiger partial charge in [0.25, 0.3) is 0 Å². The first-order valence-corrected chi connectivity index (χ1v) is 15.1. The largest absolute Gasteiger partial charge is 0.388 e. The van der Waals surface area contributed by atoms with E-state index < -0.39 is 17.6 Å². The summed E-state index contributed by atoms with van der Waals surface area (Å²) in [5.74, 6) is 1.29. The van der Waals surface area contributed by atoms with E-state index in [0.29, 0.717) is 36.7 Å². The van der Waals surface area contributed by atoms with E-state index in [2.05, 4.69) is 45.6 Å². The summed E-state index contributed by atoms with van der Waals surface area (Å²) in [6.45, 7) is 14.2. The fourth-order valence-corrected chi connectivity index (χ4v) is 7.31. The number of carbonyl (C=O) groups excluding carboxylic acids is 2. The number of hydrogen-bond acceptors (Lipinski definition) is 4. The second kappa shape index (κ2) is 13.0. The zero-order chi connectivity index (χ0) is 28.1. The maximum Gasteiger partial charge on any atom is 0.168 e. The van der Waals surface area contributed by atoms with E-state index in [9.17, 15) is 19.8 Å². The average molecular weight is 525 g/mol. The molecule has 3 aliphatic carbocycles. The van der Waals surface area contributed by atoms with Crippen LogP contribution in [0.2, 0.25) is 0 Å². The van der Waals surface area contributed by atoms with Crippen LogP contribution in [0.4, 0.5) is 0 Å². The number of carbonyl (C=O) groups is 2. The van der Waals surface area contributed by atoms with Crippen molar-refractivity contribution in [3.05, 3.63) is 47.6 Å². The minimum Gasteiger partial charge on any atom is -0.388 e. The van der Waals surface area contributed by atoms with Gasteiger partial charge in [0.15, 0.2) is 5.78 Å². The zero-order valence-corrected chi connectivity index (χ0v) is 24.6. The fraction of sp³-hybridized carbons (Fsp3) is 0.706. The molecule has 4 heteroatoms. The minimum atomic E-state index is -0.953. The van der Waals surface area contributed by atoms with Gasteiger partial charge in [0, 0.05) is 6.42 Å². The Hall–Kier alpha value is -1.78. The van der Waals surface area contributed by atoms with Crippen LogP contribution in [0.1, 0.15) is 112 Å². The molecule has 0 aromatic heterocycles. The maximum absolute atomic E-state index is 13.1. The van der Waals surface area contributed by atoms with Gasteiger partial charge in [-0.05, 0) is 100 Å². The summed E-state index contributed by atoms with van der Waals surface area (Å²) in [4.78, 5) is 25.8. The van der Waals surface area contributed by atoms with Crippen molar-refractivity contribution < 1.29 is 19.8 Å². The lowest BCUT2D eigenvalue weighted by Crippen LogP contribution is -2.36. The summed E-state index contributed by atoms with van der Waals surface area (Å²) in [5, 5.41) is 20.4. The molecule has 2 N–H and O–H groups in total. The Labute approximate surface area is 231 Å². The maximum atomic E-state index is 13.1. The van der Waals surface area contributed by atoms with E-state index in [1.54, 1.807) is 19.9 Å². The van der Waals surface area contributed by atoms with Crippen LogP contribution in [0.5, 0.6) is 0 Å². The van der Waals surface area contributed by atoms with Gasteiger partial charge >= 0.3 is 0 Å². The van der Waals surface area contributed by atoms with E-state index in [1.165, 1.54) is 12.0 Å². The number of aliphatic hydroxyl groups is 2. The fourth-order valence-electron chi connectivity index (χ4n) is 7.31. The number of unbranched alkanes of at least 4 members (excludes halogenated alkanes) is 3. The van der Waals surface area contributed by atoms with Crippen LogP contribution in [0, 0.1) is 28.6 Å². The van der Waals surface area contributed by atoms with Gasteiger partial charge in [-0.3, -0.25) is 9.59 Å². The van der Waals surface area contributed by atoms with Crippen LogP contribution in [-0.4, -0.2) is 34.0 Å². The summed E-state index contributed by atoms with van der Waals surface area (Å²) < 4.78 is 0. The minimum absolute atomic E-state index is 0.0577. The number of aliphatic hydroxyl groups excluding tert-OH is 2. The lowest BCUT2D eigenvalue weighted by molar-refractivity contribution is -0.136. The Morgan fingerprint density at radius 1 is 1.11 bits per heavy atom. The third-order valence-corrected chi connectivity index (χ3v) is 10.1. The van der Waals surface area contributed by atoms with Gasteiger partial charge < -0.3 is 10.2 Å². The van der Waals surface area contributed by atoms with Crippen molar-refractivity contribution in [2.24, 2.45) is 28.6 Å². The average Bonchev–Trinajstić information content (AvgIpc) is 3.24. The Balaban J connectivity index is 1.65. The summed E-state index contributed by atoms with van der Waals surface area (Å²) in [6.07, 6.45) is 18.4. The molecule has 0 spiro atoms. The van der Waals surface area contributed by atoms with Crippen molar-refractivity contribution in [2.45, 2.75) is 124 Å². The van der Waals surface area contributed by atoms with Gasteiger partial charge in [0.1, 0.15) is 5.78 Å². The van der Waals surface area contributed by atoms with Crippen molar-refractivity contribution in [3.63, 3.8) is 0 Å². The predicted octanol–water partition coefficient (Wildman–Crippen LogP) is 7.45. The number of hydrogen-bond donors (Lipinski definition) is 2. The topological polar surface area (TPSA) is 74.6 Å². The standard InChI is InChI=1S/C34H52O4/c1-7-8-9-10-13-31(37)33(4,5)32(38)19-14-23(2)27-17-18-28-26(12-11-20-34(27,28)6)16-15-25-21-29(35)24(3)30(36)22-25/h14-16,19,23,27-30,35-36H,3,7-13,17-18,20-22H2,1-2,4-6H3/b19-14+,26-16+/t23-,27-,28+,29-,30-,34-/m1/s1. The molecule has 0 bridgehead atoms. The molecule has 3 fully saturated rings. The Kier molecular flexibility index (Phi) is 10.6. The monoisotopic (exact) mass is 524 g/mol. The molecule has 0 aliphatic heterocycles. The predicted molar refractivity (Wildman–Crippen MR) is 156 cm³/mol. The van der Waals surface area contributed by atoms with Crippen LogP contribution in [0.3, 0.4) is 0 Å². The molecule has 0 heterocycles. The second-order valence-electron chi connectivity index (χ2n) is 13.1. The van der Waals surface area contributed by atoms with Gasteiger partial charge in [0.2, 0.25) is 0 Å². The van der Waals surface area contributed by atoms with Crippen LogP contribution >= 0.6 is 0 Å². The van der Waals surface area contributed by atoms with E-state index in [-0.39, 0.29) is 22.9 Å². The van der Waals surface area contributed by atoms with Crippen molar-refractivity contribution in [1.29, 1.82) is 0 Å². The normalized spacial score (nSPS) is 32.0. The quantitative estimate of drug-likeness (QED) is 0.127. The molecule has 3 saturated carbocycles. The highest BCUT2D eigenvalue weighted by Crippen LogP contribution is 2.59. The van der Waals surface area contributed by atoms with Crippen LogP contribution in [0.15, 0.2) is 47.6 Å². The second-order valence-corrected chi connectivity index (χ2v) is 13.1. The van der Waals surface area contributed by atoms with E-state index >= 15 is 0 Å². The van der Waals surface area contributed by atoms with Gasteiger partial charge in [-0.1, -0.05) is 76.0 Å². The summed E-state index contributed by atoms with van der Waals surface area (Å²) in [5.41, 5.74) is 2.35. The molecule has 38 heavy (non-hydrogen) atoms. The summed E-state index contributed by atoms with van der Waals surface area (Å²) in [7, 11) is 0. The van der Waals surface area contributed by atoms with E-state index in [0.717, 1.165) is 56.9 Å². The van der Waals surface area contributed by atoms with Crippen molar-refractivity contribution in [1.82, 2.24) is 0 Å². The highest BCUT2D eigenvalue weighted by Gasteiger charge is 2.50. The van der Waals surface area contributed by atoms with Gasteiger partial charge in [-0.15, -0.1) is 0 Å². The summed E-state index contributed by atoms with van der Waals surface area (Å²) >= 11 is 0. The Morgan fingerprint density at radius 3 is 2.45 bits per heavy atom. The highest BCUT2D eigenvalue weighted by molar-refractivity contribution is 6.10. The molecule has 0 unspecified atom stereocenters. The molecule has 0 aromatic rings. The molecule has 6 atom stereocenters. The van der Waals surface area contributed by atoms with Crippen molar-refractivity contribution in [2.75, 3.05) is 0 Å².